The van der Waals surface area contributed by atoms with E-state index in [-0.39, 0.29) is 24.0 Å². The fourth-order valence-corrected chi connectivity index (χ4v) is 4.57. The summed E-state index contributed by atoms with van der Waals surface area (Å²) in [6.07, 6.45) is -0.508. The van der Waals surface area contributed by atoms with Crippen molar-refractivity contribution in [3.63, 3.8) is 0 Å². The Morgan fingerprint density at radius 2 is 1.87 bits per heavy atom. The fourth-order valence-electron chi connectivity index (χ4n) is 2.72. The molecule has 0 unspecified atom stereocenters. The highest BCUT2D eigenvalue weighted by Crippen LogP contribution is 2.25. The van der Waals surface area contributed by atoms with E-state index in [1.54, 1.807) is 0 Å². The van der Waals surface area contributed by atoms with Crippen molar-refractivity contribution >= 4 is 15.7 Å². The molecule has 0 radical (unpaired) electrons. The molecule has 1 N–H and O–H groups in total. The molecule has 2 rings (SSSR count). The molecule has 1 aromatic carbocycles. The van der Waals surface area contributed by atoms with Crippen LogP contribution in [0.4, 0.5) is 0 Å². The first kappa shape index (κ1) is 17.7. The number of methoxy groups -OCH3 is 1. The largest absolute Gasteiger partial charge is 0.483 e. The Bertz CT molecular complexity index is 699. The highest BCUT2D eigenvalue weighted by atomic mass is 32.2. The number of benzene rings is 1. The maximum absolute atomic E-state index is 12.1. The van der Waals surface area contributed by atoms with E-state index in [0.29, 0.717) is 5.75 Å². The van der Waals surface area contributed by atoms with Gasteiger partial charge in [0.2, 0.25) is 0 Å². The lowest BCUT2D eigenvalue weighted by molar-refractivity contribution is -0.124. The third-order valence-corrected chi connectivity index (χ3v) is 5.87. The van der Waals surface area contributed by atoms with E-state index in [4.69, 9.17) is 9.47 Å². The number of rotatable bonds is 5. The summed E-state index contributed by atoms with van der Waals surface area (Å²) in [4.78, 5) is 12.1. The van der Waals surface area contributed by atoms with Gasteiger partial charge in [0.15, 0.2) is 16.4 Å². The first-order valence-corrected chi connectivity index (χ1v) is 9.28. The van der Waals surface area contributed by atoms with Crippen LogP contribution in [0.1, 0.15) is 16.7 Å². The van der Waals surface area contributed by atoms with Gasteiger partial charge in [-0.1, -0.05) is 12.1 Å². The summed E-state index contributed by atoms with van der Waals surface area (Å²) in [5.41, 5.74) is 3.04. The monoisotopic (exact) mass is 341 g/mol. The van der Waals surface area contributed by atoms with E-state index in [1.165, 1.54) is 7.11 Å². The zero-order valence-electron chi connectivity index (χ0n) is 13.9. The van der Waals surface area contributed by atoms with Crippen LogP contribution in [-0.2, 0) is 19.4 Å². The zero-order chi connectivity index (χ0) is 17.2. The molecule has 1 aromatic rings. The van der Waals surface area contributed by atoms with Gasteiger partial charge in [-0.05, 0) is 37.5 Å². The van der Waals surface area contributed by atoms with Crippen molar-refractivity contribution in [1.29, 1.82) is 0 Å². The van der Waals surface area contributed by atoms with Gasteiger partial charge in [0.1, 0.15) is 5.75 Å². The van der Waals surface area contributed by atoms with Crippen LogP contribution >= 0.6 is 0 Å². The van der Waals surface area contributed by atoms with Crippen LogP contribution in [0.3, 0.4) is 0 Å². The third kappa shape index (κ3) is 4.23. The molecule has 7 heteroatoms. The molecule has 0 saturated carbocycles. The van der Waals surface area contributed by atoms with E-state index in [1.807, 2.05) is 32.9 Å². The maximum atomic E-state index is 12.1. The van der Waals surface area contributed by atoms with Gasteiger partial charge < -0.3 is 14.8 Å². The third-order valence-electron chi connectivity index (χ3n) is 4.17. The second-order valence-corrected chi connectivity index (χ2v) is 8.12. The lowest BCUT2D eigenvalue weighted by atomic mass is 10.1. The molecule has 1 saturated heterocycles. The number of amides is 1. The standard InChI is InChI=1S/C16H23NO5S/c1-10-5-6-11(2)16(12(10)3)22-7-15(18)17-13-8-23(19,20)9-14(13)21-4/h5-6,13-14H,7-9H2,1-4H3,(H,17,18)/t13-,14-/m1/s1. The van der Waals surface area contributed by atoms with Crippen molar-refractivity contribution in [2.45, 2.75) is 32.9 Å². The molecule has 0 spiro atoms. The van der Waals surface area contributed by atoms with Gasteiger partial charge in [-0.15, -0.1) is 0 Å². The number of aryl methyl sites for hydroxylation is 2. The maximum Gasteiger partial charge on any atom is 0.258 e. The topological polar surface area (TPSA) is 81.7 Å². The average Bonchev–Trinajstić information content (AvgIpc) is 2.77. The summed E-state index contributed by atoms with van der Waals surface area (Å²) in [6, 6.07) is 3.42. The van der Waals surface area contributed by atoms with E-state index < -0.39 is 22.0 Å². The first-order valence-electron chi connectivity index (χ1n) is 7.45. The SMILES string of the molecule is CO[C@@H]1CS(=O)(=O)C[C@H]1NC(=O)COc1c(C)ccc(C)c1C. The molecule has 1 aliphatic rings. The summed E-state index contributed by atoms with van der Waals surface area (Å²) in [7, 11) is -1.72. The number of hydrogen-bond acceptors (Lipinski definition) is 5. The summed E-state index contributed by atoms with van der Waals surface area (Å²) in [5.74, 6) is 0.183. The van der Waals surface area contributed by atoms with Crippen molar-refractivity contribution in [2.24, 2.45) is 0 Å². The molecule has 1 fully saturated rings. The van der Waals surface area contributed by atoms with Gasteiger partial charge in [0.05, 0.1) is 23.7 Å². The molecule has 0 aliphatic carbocycles. The predicted octanol–water partition coefficient (Wildman–Crippen LogP) is 0.919. The number of hydrogen-bond donors (Lipinski definition) is 1. The van der Waals surface area contributed by atoms with Crippen LogP contribution in [0.15, 0.2) is 12.1 Å². The zero-order valence-corrected chi connectivity index (χ0v) is 14.7. The van der Waals surface area contributed by atoms with E-state index in [2.05, 4.69) is 5.32 Å². The van der Waals surface area contributed by atoms with Gasteiger partial charge in [-0.2, -0.15) is 0 Å². The number of ether oxygens (including phenoxy) is 2. The minimum Gasteiger partial charge on any atom is -0.483 e. The number of sulfone groups is 1. The molecular formula is C16H23NO5S. The minimum absolute atomic E-state index is 0.0641. The van der Waals surface area contributed by atoms with Gasteiger partial charge in [0.25, 0.3) is 5.91 Å². The lowest BCUT2D eigenvalue weighted by Crippen LogP contribution is -2.45. The number of carbonyl (C=O) groups excluding carboxylic acids is 1. The molecule has 0 aromatic heterocycles. The first-order chi connectivity index (χ1) is 10.7. The summed E-state index contributed by atoms with van der Waals surface area (Å²) in [6.45, 7) is 5.69. The van der Waals surface area contributed by atoms with Crippen LogP contribution in [0, 0.1) is 20.8 Å². The molecule has 1 heterocycles. The number of nitrogens with one attached hydrogen (secondary N) is 1. The Morgan fingerprint density at radius 3 is 2.52 bits per heavy atom. The highest BCUT2D eigenvalue weighted by Gasteiger charge is 2.38. The van der Waals surface area contributed by atoms with E-state index >= 15 is 0 Å². The van der Waals surface area contributed by atoms with Gasteiger partial charge in [0, 0.05) is 7.11 Å². The van der Waals surface area contributed by atoms with Crippen molar-refractivity contribution in [1.82, 2.24) is 5.32 Å². The van der Waals surface area contributed by atoms with Crippen molar-refractivity contribution in [3.8, 4) is 5.75 Å². The Hall–Kier alpha value is -1.60. The molecule has 128 valence electrons. The summed E-state index contributed by atoms with van der Waals surface area (Å²) >= 11 is 0. The quantitative estimate of drug-likeness (QED) is 0.861. The van der Waals surface area contributed by atoms with Crippen molar-refractivity contribution < 1.29 is 22.7 Å². The second-order valence-electron chi connectivity index (χ2n) is 5.97. The minimum atomic E-state index is -3.17. The molecule has 6 nitrogen and oxygen atoms in total. The molecular weight excluding hydrogens is 318 g/mol. The molecule has 23 heavy (non-hydrogen) atoms. The second kappa shape index (κ2) is 6.88. The van der Waals surface area contributed by atoms with Crippen LogP contribution in [0.5, 0.6) is 5.75 Å². The predicted molar refractivity (Wildman–Crippen MR) is 87.5 cm³/mol. The molecule has 1 amide bonds. The Morgan fingerprint density at radius 1 is 1.22 bits per heavy atom. The normalized spacial score (nSPS) is 22.8. The molecule has 2 atom stereocenters. The average molecular weight is 341 g/mol. The van der Waals surface area contributed by atoms with Crippen molar-refractivity contribution in [2.75, 3.05) is 25.2 Å². The smallest absolute Gasteiger partial charge is 0.258 e. The summed E-state index contributed by atoms with van der Waals surface area (Å²) in [5, 5.41) is 2.69. The van der Waals surface area contributed by atoms with Crippen LogP contribution < -0.4 is 10.1 Å². The van der Waals surface area contributed by atoms with Crippen molar-refractivity contribution in [3.05, 3.63) is 28.8 Å². The van der Waals surface area contributed by atoms with Crippen LogP contribution in [0.2, 0.25) is 0 Å². The van der Waals surface area contributed by atoms with Crippen LogP contribution in [-0.4, -0.2) is 51.7 Å². The lowest BCUT2D eigenvalue weighted by Gasteiger charge is -2.19. The molecule has 0 bridgehead atoms. The van der Waals surface area contributed by atoms with Gasteiger partial charge in [-0.25, -0.2) is 8.42 Å². The summed E-state index contributed by atoms with van der Waals surface area (Å²) < 4.78 is 34.1. The van der Waals surface area contributed by atoms with Gasteiger partial charge >= 0.3 is 0 Å². The van der Waals surface area contributed by atoms with Crippen LogP contribution in [0.25, 0.3) is 0 Å². The molecule has 1 aliphatic heterocycles. The highest BCUT2D eigenvalue weighted by molar-refractivity contribution is 7.91. The Kier molecular flexibility index (Phi) is 5.31. The fraction of sp³-hybridized carbons (Fsp3) is 0.562. The Balaban J connectivity index is 1.97. The van der Waals surface area contributed by atoms with E-state index in [9.17, 15) is 13.2 Å². The Labute approximate surface area is 137 Å². The van der Waals surface area contributed by atoms with E-state index in [0.717, 1.165) is 16.7 Å². The number of carbonyl (C=O) groups is 1. The van der Waals surface area contributed by atoms with Gasteiger partial charge in [-0.3, -0.25) is 4.79 Å².